The molecule has 0 N–H and O–H groups in total. The molecule has 2 nitrogen and oxygen atoms in total. The maximum absolute atomic E-state index is 2.40. The molecule has 3 rings (SSSR count). The Balaban J connectivity index is 2.12. The average Bonchev–Trinajstić information content (AvgIpc) is 2.41. The minimum atomic E-state index is 0.352. The zero-order chi connectivity index (χ0) is 14.3. The van der Waals surface area contributed by atoms with Crippen molar-refractivity contribution in [2.24, 2.45) is 7.05 Å². The highest BCUT2D eigenvalue weighted by atomic mass is 15.2. The number of aryl methyl sites for hydroxylation is 2. The average molecular weight is 263 g/mol. The molecule has 0 saturated carbocycles. The van der Waals surface area contributed by atoms with Gasteiger partial charge >= 0.3 is 6.85 Å². The van der Waals surface area contributed by atoms with Gasteiger partial charge in [-0.05, 0) is 49.4 Å². The first-order chi connectivity index (χ1) is 9.58. The number of benzene rings is 1. The van der Waals surface area contributed by atoms with Gasteiger partial charge in [0.15, 0.2) is 0 Å². The van der Waals surface area contributed by atoms with Crippen LogP contribution in [-0.4, -0.2) is 6.85 Å². The summed E-state index contributed by atoms with van der Waals surface area (Å²) >= 11 is 0. The van der Waals surface area contributed by atoms with Crippen molar-refractivity contribution in [2.75, 3.05) is 4.81 Å². The van der Waals surface area contributed by atoms with E-state index >= 15 is 0 Å². The van der Waals surface area contributed by atoms with E-state index in [0.717, 1.165) is 0 Å². The number of nitrogens with zero attached hydrogens (tertiary/aromatic N) is 2. The molecule has 3 heteroatoms. The fourth-order valence-electron chi connectivity index (χ4n) is 3.13. The Morgan fingerprint density at radius 1 is 1.05 bits per heavy atom. The molecular weight excluding hydrogens is 243 g/mol. The van der Waals surface area contributed by atoms with Crippen molar-refractivity contribution in [2.45, 2.75) is 20.7 Å². The van der Waals surface area contributed by atoms with E-state index in [1.807, 2.05) is 0 Å². The highest BCUT2D eigenvalue weighted by Crippen LogP contribution is 2.23. The Hall–Kier alpha value is -2.03. The normalized spacial score (nSPS) is 14.1. The molecule has 2 heterocycles. The maximum atomic E-state index is 2.40. The summed E-state index contributed by atoms with van der Waals surface area (Å²) in [6, 6.07) is 13.0. The first-order valence-electron chi connectivity index (χ1n) is 7.10. The standard InChI is InChI=1S/C17H20BN2/c1-13-9-10-17(19(4)12-13)20-14(2)11-15-7-5-6-8-16(15)18(20)3/h5-12H,1-4H3/q+1. The molecule has 0 saturated heterocycles. The minimum absolute atomic E-state index is 0.352. The first kappa shape index (κ1) is 13.0. The number of pyridine rings is 1. The van der Waals surface area contributed by atoms with Crippen LogP contribution < -0.4 is 14.8 Å². The van der Waals surface area contributed by atoms with Gasteiger partial charge in [0.1, 0.15) is 0 Å². The lowest BCUT2D eigenvalue weighted by molar-refractivity contribution is -0.658. The summed E-state index contributed by atoms with van der Waals surface area (Å²) in [6.07, 6.45) is 4.45. The van der Waals surface area contributed by atoms with E-state index < -0.39 is 0 Å². The van der Waals surface area contributed by atoms with Crippen LogP contribution in [0.25, 0.3) is 6.08 Å². The number of allylic oxidation sites excluding steroid dienone is 1. The van der Waals surface area contributed by atoms with E-state index in [9.17, 15) is 0 Å². The lowest BCUT2D eigenvalue weighted by atomic mass is 9.53. The summed E-state index contributed by atoms with van der Waals surface area (Å²) in [5, 5.41) is 0. The van der Waals surface area contributed by atoms with Crippen molar-refractivity contribution < 1.29 is 4.57 Å². The number of hydrogen-bond donors (Lipinski definition) is 0. The largest absolute Gasteiger partial charge is 0.409 e. The molecule has 1 aromatic heterocycles. The zero-order valence-electron chi connectivity index (χ0n) is 12.6. The molecule has 20 heavy (non-hydrogen) atoms. The molecule has 0 fully saturated rings. The molecule has 0 spiro atoms. The molecule has 0 atom stereocenters. The van der Waals surface area contributed by atoms with Crippen LogP contribution in [0.15, 0.2) is 48.3 Å². The summed E-state index contributed by atoms with van der Waals surface area (Å²) in [5.74, 6) is 1.23. The lowest BCUT2D eigenvalue weighted by Crippen LogP contribution is -2.52. The van der Waals surface area contributed by atoms with Gasteiger partial charge in [-0.25, -0.2) is 4.57 Å². The van der Waals surface area contributed by atoms with Crippen LogP contribution in [0.3, 0.4) is 0 Å². The molecule has 1 aliphatic heterocycles. The molecule has 100 valence electrons. The third kappa shape index (κ3) is 2.03. The van der Waals surface area contributed by atoms with Gasteiger partial charge in [-0.15, -0.1) is 0 Å². The molecule has 1 aliphatic rings. The van der Waals surface area contributed by atoms with Crippen LogP contribution in [-0.2, 0) is 7.05 Å². The van der Waals surface area contributed by atoms with Crippen LogP contribution >= 0.6 is 0 Å². The van der Waals surface area contributed by atoms with E-state index in [0.29, 0.717) is 6.85 Å². The van der Waals surface area contributed by atoms with Gasteiger partial charge in [0, 0.05) is 6.07 Å². The second kappa shape index (κ2) is 4.82. The number of fused-ring (bicyclic) bond motifs is 1. The SMILES string of the molecule is CB1c2ccccc2C=C(C)N1c1ccc(C)c[n+]1C. The number of aromatic nitrogens is 1. The summed E-state index contributed by atoms with van der Waals surface area (Å²) in [5.41, 5.74) is 5.29. The predicted octanol–water partition coefficient (Wildman–Crippen LogP) is 2.53. The van der Waals surface area contributed by atoms with Crippen molar-refractivity contribution in [3.05, 3.63) is 59.4 Å². The van der Waals surface area contributed by atoms with Gasteiger partial charge < -0.3 is 0 Å². The monoisotopic (exact) mass is 263 g/mol. The smallest absolute Gasteiger partial charge is 0.290 e. The van der Waals surface area contributed by atoms with E-state index in [4.69, 9.17) is 0 Å². The van der Waals surface area contributed by atoms with Gasteiger partial charge in [0.05, 0.1) is 18.9 Å². The van der Waals surface area contributed by atoms with Gasteiger partial charge in [-0.3, -0.25) is 4.81 Å². The Labute approximate surface area is 121 Å². The second-order valence-corrected chi connectivity index (χ2v) is 5.64. The van der Waals surface area contributed by atoms with E-state index in [1.54, 1.807) is 0 Å². The molecule has 2 aromatic rings. The molecular formula is C17H20BN2+. The van der Waals surface area contributed by atoms with E-state index in [-0.39, 0.29) is 0 Å². The van der Waals surface area contributed by atoms with Crippen molar-refractivity contribution >= 4 is 24.2 Å². The van der Waals surface area contributed by atoms with E-state index in [2.05, 4.69) is 85.8 Å². The van der Waals surface area contributed by atoms with Crippen molar-refractivity contribution in [3.8, 4) is 0 Å². The lowest BCUT2D eigenvalue weighted by Gasteiger charge is -2.28. The molecule has 0 bridgehead atoms. The number of anilines is 1. The summed E-state index contributed by atoms with van der Waals surface area (Å²) in [7, 11) is 2.11. The molecule has 0 aliphatic carbocycles. The second-order valence-electron chi connectivity index (χ2n) is 5.64. The molecule has 0 unspecified atom stereocenters. The highest BCUT2D eigenvalue weighted by Gasteiger charge is 2.36. The fraction of sp³-hybridized carbons (Fsp3) is 0.235. The Kier molecular flexibility index (Phi) is 3.13. The summed E-state index contributed by atoms with van der Waals surface area (Å²) in [4.78, 5) is 2.40. The zero-order valence-corrected chi connectivity index (χ0v) is 12.6. The number of hydrogen-bond acceptors (Lipinski definition) is 1. The first-order valence-corrected chi connectivity index (χ1v) is 7.10. The third-order valence-corrected chi connectivity index (χ3v) is 4.08. The predicted molar refractivity (Wildman–Crippen MR) is 86.2 cm³/mol. The Bertz CT molecular complexity index is 691. The molecule has 0 radical (unpaired) electrons. The quantitative estimate of drug-likeness (QED) is 0.566. The Morgan fingerprint density at radius 2 is 1.80 bits per heavy atom. The van der Waals surface area contributed by atoms with Crippen LogP contribution in [0, 0.1) is 6.92 Å². The van der Waals surface area contributed by atoms with Gasteiger partial charge in [0.25, 0.3) is 5.82 Å². The van der Waals surface area contributed by atoms with Gasteiger partial charge in [-0.1, -0.05) is 24.3 Å². The Morgan fingerprint density at radius 3 is 2.55 bits per heavy atom. The minimum Gasteiger partial charge on any atom is -0.290 e. The fourth-order valence-corrected chi connectivity index (χ4v) is 3.13. The van der Waals surface area contributed by atoms with Crippen molar-refractivity contribution in [3.63, 3.8) is 0 Å². The van der Waals surface area contributed by atoms with Crippen LogP contribution in [0.4, 0.5) is 5.82 Å². The molecule has 1 aromatic carbocycles. The van der Waals surface area contributed by atoms with E-state index in [1.165, 1.54) is 28.1 Å². The van der Waals surface area contributed by atoms with Crippen LogP contribution in [0.1, 0.15) is 18.1 Å². The highest BCUT2D eigenvalue weighted by molar-refractivity contribution is 6.77. The topological polar surface area (TPSA) is 7.12 Å². The van der Waals surface area contributed by atoms with Crippen molar-refractivity contribution in [1.82, 2.24) is 0 Å². The van der Waals surface area contributed by atoms with Crippen LogP contribution in [0.2, 0.25) is 6.82 Å². The van der Waals surface area contributed by atoms with Gasteiger partial charge in [-0.2, -0.15) is 0 Å². The van der Waals surface area contributed by atoms with Crippen LogP contribution in [0.5, 0.6) is 0 Å². The number of rotatable bonds is 1. The maximum Gasteiger partial charge on any atom is 0.409 e. The third-order valence-electron chi connectivity index (χ3n) is 4.08. The summed E-state index contributed by atoms with van der Waals surface area (Å²) < 4.78 is 2.21. The van der Waals surface area contributed by atoms with Crippen molar-refractivity contribution in [1.29, 1.82) is 0 Å². The summed E-state index contributed by atoms with van der Waals surface area (Å²) in [6.45, 7) is 6.94. The molecule has 0 amide bonds. The van der Waals surface area contributed by atoms with Gasteiger partial charge in [0.2, 0.25) is 0 Å².